The van der Waals surface area contributed by atoms with Crippen LogP contribution >= 0.6 is 34.8 Å². The molecule has 1 N–H and O–H groups in total. The van der Waals surface area contributed by atoms with E-state index < -0.39 is 0 Å². The van der Waals surface area contributed by atoms with Crippen LogP contribution in [0.1, 0.15) is 18.5 Å². The highest BCUT2D eigenvalue weighted by atomic mass is 35.5. The third-order valence-corrected chi connectivity index (χ3v) is 4.01. The van der Waals surface area contributed by atoms with Crippen molar-refractivity contribution >= 4 is 34.8 Å². The van der Waals surface area contributed by atoms with Gasteiger partial charge in [-0.1, -0.05) is 46.9 Å². The van der Waals surface area contributed by atoms with Gasteiger partial charge in [-0.15, -0.1) is 0 Å². The summed E-state index contributed by atoms with van der Waals surface area (Å²) >= 11 is 18.0. The summed E-state index contributed by atoms with van der Waals surface area (Å²) < 4.78 is 5.78. The molecule has 20 heavy (non-hydrogen) atoms. The molecule has 0 spiro atoms. The highest BCUT2D eigenvalue weighted by molar-refractivity contribution is 6.43. The molecular weight excluding hydrogens is 317 g/mol. The Bertz CT molecular complexity index is 616. The minimum atomic E-state index is 0.239. The van der Waals surface area contributed by atoms with Crippen molar-refractivity contribution in [1.29, 1.82) is 0 Å². The molecular formula is C15H14Cl3NO. The van der Waals surface area contributed by atoms with Crippen LogP contribution in [0.4, 0.5) is 0 Å². The normalized spacial score (nSPS) is 12.2. The molecule has 0 bridgehead atoms. The molecule has 2 rings (SSSR count). The monoisotopic (exact) mass is 329 g/mol. The Morgan fingerprint density at radius 2 is 1.70 bits per heavy atom. The van der Waals surface area contributed by atoms with Gasteiger partial charge in [0.1, 0.15) is 11.5 Å². The molecule has 0 saturated carbocycles. The Morgan fingerprint density at radius 3 is 2.40 bits per heavy atom. The summed E-state index contributed by atoms with van der Waals surface area (Å²) in [7, 11) is 1.91. The lowest BCUT2D eigenvalue weighted by Gasteiger charge is -2.13. The average molecular weight is 331 g/mol. The lowest BCUT2D eigenvalue weighted by Crippen LogP contribution is -2.12. The maximum absolute atomic E-state index is 6.10. The zero-order valence-corrected chi connectivity index (χ0v) is 13.4. The summed E-state index contributed by atoms with van der Waals surface area (Å²) in [4.78, 5) is 0. The Hall–Kier alpha value is -0.930. The molecule has 2 nitrogen and oxygen atoms in total. The average Bonchev–Trinajstić information content (AvgIpc) is 2.44. The van der Waals surface area contributed by atoms with E-state index in [-0.39, 0.29) is 6.04 Å². The zero-order chi connectivity index (χ0) is 14.7. The lowest BCUT2D eigenvalue weighted by atomic mass is 10.1. The van der Waals surface area contributed by atoms with Gasteiger partial charge in [-0.05, 0) is 37.7 Å². The number of benzene rings is 2. The summed E-state index contributed by atoms with van der Waals surface area (Å²) in [6.07, 6.45) is 0. The van der Waals surface area contributed by atoms with Crippen LogP contribution < -0.4 is 10.1 Å². The fraction of sp³-hybridized carbons (Fsp3) is 0.200. The summed E-state index contributed by atoms with van der Waals surface area (Å²) in [6, 6.07) is 11.2. The van der Waals surface area contributed by atoms with Gasteiger partial charge < -0.3 is 10.1 Å². The molecule has 0 heterocycles. The van der Waals surface area contributed by atoms with Crippen molar-refractivity contribution in [2.75, 3.05) is 7.05 Å². The molecule has 2 aromatic rings. The van der Waals surface area contributed by atoms with Crippen LogP contribution in [0, 0.1) is 0 Å². The number of hydrogen-bond donors (Lipinski definition) is 1. The molecule has 0 aromatic heterocycles. The van der Waals surface area contributed by atoms with Crippen LogP contribution in [0.25, 0.3) is 0 Å². The summed E-state index contributed by atoms with van der Waals surface area (Å²) in [6.45, 7) is 2.07. The second kappa shape index (κ2) is 6.68. The highest BCUT2D eigenvalue weighted by Gasteiger charge is 2.09. The van der Waals surface area contributed by atoms with Gasteiger partial charge in [0, 0.05) is 12.1 Å². The molecule has 2 aromatic carbocycles. The highest BCUT2D eigenvalue weighted by Crippen LogP contribution is 2.36. The molecule has 0 radical (unpaired) electrons. The molecule has 106 valence electrons. The van der Waals surface area contributed by atoms with Crippen LogP contribution in [0.3, 0.4) is 0 Å². The maximum atomic E-state index is 6.10. The van der Waals surface area contributed by atoms with Gasteiger partial charge in [0.2, 0.25) is 0 Å². The van der Waals surface area contributed by atoms with Gasteiger partial charge in [-0.3, -0.25) is 0 Å². The molecule has 0 saturated heterocycles. The fourth-order valence-corrected chi connectivity index (χ4v) is 2.30. The van der Waals surface area contributed by atoms with Gasteiger partial charge in [0.05, 0.1) is 15.1 Å². The van der Waals surface area contributed by atoms with E-state index in [1.54, 1.807) is 12.1 Å². The molecule has 5 heteroatoms. The fourth-order valence-electron chi connectivity index (χ4n) is 1.72. The molecule has 1 atom stereocenters. The van der Waals surface area contributed by atoms with Gasteiger partial charge in [0.15, 0.2) is 0 Å². The van der Waals surface area contributed by atoms with Crippen molar-refractivity contribution in [2.24, 2.45) is 0 Å². The standard InChI is InChI=1S/C15H14Cl3NO/c1-9(19-2)10-4-3-5-11(6-10)20-15-8-13(17)12(16)7-14(15)18/h3-9,19H,1-2H3. The summed E-state index contributed by atoms with van der Waals surface area (Å²) in [5.74, 6) is 1.18. The van der Waals surface area contributed by atoms with E-state index in [1.165, 1.54) is 0 Å². The van der Waals surface area contributed by atoms with E-state index >= 15 is 0 Å². The van der Waals surface area contributed by atoms with E-state index in [0.717, 1.165) is 5.56 Å². The van der Waals surface area contributed by atoms with Crippen LogP contribution in [-0.2, 0) is 0 Å². The molecule has 0 aliphatic carbocycles. The third kappa shape index (κ3) is 3.58. The van der Waals surface area contributed by atoms with Gasteiger partial charge in [-0.2, -0.15) is 0 Å². The minimum absolute atomic E-state index is 0.239. The first-order chi connectivity index (χ1) is 9.51. The van der Waals surface area contributed by atoms with E-state index in [2.05, 4.69) is 12.2 Å². The second-order valence-corrected chi connectivity index (χ2v) is 5.60. The summed E-state index contributed by atoms with van der Waals surface area (Å²) in [5, 5.41) is 4.42. The third-order valence-electron chi connectivity index (χ3n) is 2.99. The quantitative estimate of drug-likeness (QED) is 0.724. The predicted molar refractivity (Wildman–Crippen MR) is 85.5 cm³/mol. The number of ether oxygens (including phenoxy) is 1. The number of nitrogens with one attached hydrogen (secondary N) is 1. The van der Waals surface area contributed by atoms with Crippen LogP contribution in [0.5, 0.6) is 11.5 Å². The van der Waals surface area contributed by atoms with E-state index in [9.17, 15) is 0 Å². The molecule has 1 unspecified atom stereocenters. The van der Waals surface area contributed by atoms with Crippen molar-refractivity contribution in [2.45, 2.75) is 13.0 Å². The largest absolute Gasteiger partial charge is 0.456 e. The van der Waals surface area contributed by atoms with Crippen LogP contribution in [-0.4, -0.2) is 7.05 Å². The second-order valence-electron chi connectivity index (χ2n) is 4.38. The predicted octanol–water partition coefficient (Wildman–Crippen LogP) is 5.72. The molecule has 0 amide bonds. The number of hydrogen-bond acceptors (Lipinski definition) is 2. The van der Waals surface area contributed by atoms with Crippen molar-refractivity contribution in [3.05, 3.63) is 57.0 Å². The first kappa shape index (κ1) is 15.5. The maximum Gasteiger partial charge on any atom is 0.147 e. The number of rotatable bonds is 4. The molecule has 0 fully saturated rings. The lowest BCUT2D eigenvalue weighted by molar-refractivity contribution is 0.481. The van der Waals surface area contributed by atoms with Crippen molar-refractivity contribution in [3.8, 4) is 11.5 Å². The number of halogens is 3. The van der Waals surface area contributed by atoms with Crippen LogP contribution in [0.2, 0.25) is 15.1 Å². The van der Waals surface area contributed by atoms with Crippen molar-refractivity contribution < 1.29 is 4.74 Å². The summed E-state index contributed by atoms with van der Waals surface area (Å²) in [5.41, 5.74) is 1.13. The van der Waals surface area contributed by atoms with Crippen molar-refractivity contribution in [1.82, 2.24) is 5.32 Å². The smallest absolute Gasteiger partial charge is 0.147 e. The minimum Gasteiger partial charge on any atom is -0.456 e. The Kier molecular flexibility index (Phi) is 5.17. The first-order valence-corrected chi connectivity index (χ1v) is 7.24. The van der Waals surface area contributed by atoms with Gasteiger partial charge in [-0.25, -0.2) is 0 Å². The topological polar surface area (TPSA) is 21.3 Å². The first-order valence-electron chi connectivity index (χ1n) is 6.11. The SMILES string of the molecule is CNC(C)c1cccc(Oc2cc(Cl)c(Cl)cc2Cl)c1. The zero-order valence-electron chi connectivity index (χ0n) is 11.1. The van der Waals surface area contributed by atoms with Gasteiger partial charge in [0.25, 0.3) is 0 Å². The Labute approximate surface area is 133 Å². The Morgan fingerprint density at radius 1 is 1.00 bits per heavy atom. The van der Waals surface area contributed by atoms with Crippen LogP contribution in [0.15, 0.2) is 36.4 Å². The van der Waals surface area contributed by atoms with Crippen molar-refractivity contribution in [3.63, 3.8) is 0 Å². The van der Waals surface area contributed by atoms with E-state index in [0.29, 0.717) is 26.6 Å². The molecule has 0 aliphatic heterocycles. The molecule has 0 aliphatic rings. The Balaban J connectivity index is 2.28. The van der Waals surface area contributed by atoms with E-state index in [1.807, 2.05) is 31.3 Å². The van der Waals surface area contributed by atoms with E-state index in [4.69, 9.17) is 39.5 Å². The van der Waals surface area contributed by atoms with Gasteiger partial charge >= 0.3 is 0 Å².